The van der Waals surface area contributed by atoms with Crippen LogP contribution in [0.25, 0.3) is 0 Å². The second-order valence-corrected chi connectivity index (χ2v) is 4.97. The molecule has 16 heavy (non-hydrogen) atoms. The van der Waals surface area contributed by atoms with Crippen LogP contribution in [0.2, 0.25) is 0 Å². The number of benzene rings is 1. The zero-order valence-corrected chi connectivity index (χ0v) is 10.5. The van der Waals surface area contributed by atoms with E-state index in [1.807, 2.05) is 38.2 Å². The minimum Gasteiger partial charge on any atom is -0.399 e. The van der Waals surface area contributed by atoms with Gasteiger partial charge in [0.2, 0.25) is 0 Å². The van der Waals surface area contributed by atoms with Crippen LogP contribution < -0.4 is 10.6 Å². The molecule has 0 atom stereocenters. The number of aromatic nitrogens is 1. The number of nitrogens with zero attached hydrogens (tertiary/aromatic N) is 2. The molecule has 84 valence electrons. The molecular formula is C12H15N3S. The second-order valence-electron chi connectivity index (χ2n) is 3.79. The quantitative estimate of drug-likeness (QED) is 0.810. The van der Waals surface area contributed by atoms with Gasteiger partial charge in [0.1, 0.15) is 0 Å². The molecule has 0 amide bonds. The Balaban J connectivity index is 2.31. The van der Waals surface area contributed by atoms with Crippen LogP contribution >= 0.6 is 11.3 Å². The molecule has 0 spiro atoms. The lowest BCUT2D eigenvalue weighted by atomic mass is 10.3. The van der Waals surface area contributed by atoms with Gasteiger partial charge in [0, 0.05) is 23.3 Å². The van der Waals surface area contributed by atoms with Gasteiger partial charge in [-0.25, -0.2) is 4.98 Å². The van der Waals surface area contributed by atoms with E-state index in [1.165, 1.54) is 4.88 Å². The molecule has 2 aromatic rings. The topological polar surface area (TPSA) is 42.2 Å². The highest BCUT2D eigenvalue weighted by atomic mass is 32.1. The van der Waals surface area contributed by atoms with Gasteiger partial charge in [0.05, 0.1) is 5.69 Å². The van der Waals surface area contributed by atoms with Gasteiger partial charge in [0.15, 0.2) is 5.13 Å². The first-order chi connectivity index (χ1) is 7.58. The van der Waals surface area contributed by atoms with Crippen LogP contribution in [-0.4, -0.2) is 12.0 Å². The van der Waals surface area contributed by atoms with Crippen LogP contribution in [0.15, 0.2) is 24.3 Å². The highest BCUT2D eigenvalue weighted by Crippen LogP contribution is 2.29. The van der Waals surface area contributed by atoms with Gasteiger partial charge in [-0.1, -0.05) is 0 Å². The standard InChI is InChI=1S/C12H15N3S/c1-8-9(2)16-12(14-8)15(3)11-6-4-10(13)5-7-11/h4-7H,13H2,1-3H3. The maximum atomic E-state index is 5.66. The zero-order valence-electron chi connectivity index (χ0n) is 9.69. The Hall–Kier alpha value is -1.55. The van der Waals surface area contributed by atoms with Crippen molar-refractivity contribution in [3.63, 3.8) is 0 Å². The molecule has 1 aromatic heterocycles. The van der Waals surface area contributed by atoms with Gasteiger partial charge >= 0.3 is 0 Å². The number of nitrogen functional groups attached to an aromatic ring is 1. The van der Waals surface area contributed by atoms with E-state index in [0.717, 1.165) is 22.2 Å². The van der Waals surface area contributed by atoms with Crippen LogP contribution in [0, 0.1) is 13.8 Å². The SMILES string of the molecule is Cc1nc(N(C)c2ccc(N)cc2)sc1C. The van der Waals surface area contributed by atoms with E-state index in [1.54, 1.807) is 11.3 Å². The maximum absolute atomic E-state index is 5.66. The summed E-state index contributed by atoms with van der Waals surface area (Å²) in [5, 5.41) is 1.01. The van der Waals surface area contributed by atoms with E-state index in [-0.39, 0.29) is 0 Å². The summed E-state index contributed by atoms with van der Waals surface area (Å²) >= 11 is 1.71. The first kappa shape index (κ1) is 11.0. The van der Waals surface area contributed by atoms with Crippen molar-refractivity contribution in [2.24, 2.45) is 0 Å². The van der Waals surface area contributed by atoms with Crippen LogP contribution in [-0.2, 0) is 0 Å². The van der Waals surface area contributed by atoms with Crippen molar-refractivity contribution in [2.75, 3.05) is 17.7 Å². The fourth-order valence-electron chi connectivity index (χ4n) is 1.41. The minimum atomic E-state index is 0.781. The van der Waals surface area contributed by atoms with E-state index in [2.05, 4.69) is 16.8 Å². The summed E-state index contributed by atoms with van der Waals surface area (Å²) in [5.74, 6) is 0. The molecule has 0 bridgehead atoms. The van der Waals surface area contributed by atoms with Gasteiger partial charge in [-0.3, -0.25) is 0 Å². The molecule has 0 aliphatic heterocycles. The highest BCUT2D eigenvalue weighted by Gasteiger charge is 2.09. The van der Waals surface area contributed by atoms with E-state index >= 15 is 0 Å². The first-order valence-electron chi connectivity index (χ1n) is 5.11. The molecule has 3 nitrogen and oxygen atoms in total. The lowest BCUT2D eigenvalue weighted by molar-refractivity contribution is 1.13. The average molecular weight is 233 g/mol. The Morgan fingerprint density at radius 1 is 1.19 bits per heavy atom. The van der Waals surface area contributed by atoms with Crippen molar-refractivity contribution in [1.82, 2.24) is 4.98 Å². The van der Waals surface area contributed by atoms with E-state index in [0.29, 0.717) is 0 Å². The Labute approximate surface area is 99.5 Å². The minimum absolute atomic E-state index is 0.781. The summed E-state index contributed by atoms with van der Waals surface area (Å²) in [5.41, 5.74) is 8.64. The summed E-state index contributed by atoms with van der Waals surface area (Å²) in [6.07, 6.45) is 0. The van der Waals surface area contributed by atoms with Gasteiger partial charge < -0.3 is 10.6 Å². The molecule has 2 rings (SSSR count). The van der Waals surface area contributed by atoms with Crippen molar-refractivity contribution in [2.45, 2.75) is 13.8 Å². The number of rotatable bonds is 2. The van der Waals surface area contributed by atoms with E-state index in [9.17, 15) is 0 Å². The molecule has 0 saturated heterocycles. The molecule has 2 N–H and O–H groups in total. The molecule has 4 heteroatoms. The summed E-state index contributed by atoms with van der Waals surface area (Å²) in [6.45, 7) is 4.12. The third-order valence-electron chi connectivity index (χ3n) is 2.58. The summed E-state index contributed by atoms with van der Waals surface area (Å²) < 4.78 is 0. The van der Waals surface area contributed by atoms with Crippen molar-refractivity contribution < 1.29 is 0 Å². The second kappa shape index (κ2) is 4.14. The lowest BCUT2D eigenvalue weighted by Crippen LogP contribution is -2.08. The van der Waals surface area contributed by atoms with Crippen LogP contribution in [0.4, 0.5) is 16.5 Å². The lowest BCUT2D eigenvalue weighted by Gasteiger charge is -2.15. The van der Waals surface area contributed by atoms with Crippen LogP contribution in [0.3, 0.4) is 0 Å². The molecular weight excluding hydrogens is 218 g/mol. The third kappa shape index (κ3) is 2.02. The van der Waals surface area contributed by atoms with E-state index < -0.39 is 0 Å². The predicted molar refractivity (Wildman–Crippen MR) is 70.5 cm³/mol. The largest absolute Gasteiger partial charge is 0.399 e. The zero-order chi connectivity index (χ0) is 11.7. The van der Waals surface area contributed by atoms with Crippen LogP contribution in [0.1, 0.15) is 10.6 Å². The number of anilines is 3. The van der Waals surface area contributed by atoms with Gasteiger partial charge in [-0.15, -0.1) is 11.3 Å². The normalized spacial score (nSPS) is 10.4. The van der Waals surface area contributed by atoms with Gasteiger partial charge in [-0.2, -0.15) is 0 Å². The smallest absolute Gasteiger partial charge is 0.190 e. The number of hydrogen-bond acceptors (Lipinski definition) is 4. The Morgan fingerprint density at radius 3 is 2.31 bits per heavy atom. The van der Waals surface area contributed by atoms with E-state index in [4.69, 9.17) is 5.73 Å². The molecule has 0 radical (unpaired) electrons. The van der Waals surface area contributed by atoms with Gasteiger partial charge in [0.25, 0.3) is 0 Å². The summed E-state index contributed by atoms with van der Waals surface area (Å²) in [7, 11) is 2.02. The number of nitrogens with two attached hydrogens (primary N) is 1. The number of thiazole rings is 1. The summed E-state index contributed by atoms with van der Waals surface area (Å²) in [4.78, 5) is 7.86. The molecule has 1 heterocycles. The monoisotopic (exact) mass is 233 g/mol. The fourth-order valence-corrected chi connectivity index (χ4v) is 2.30. The number of aryl methyl sites for hydroxylation is 2. The van der Waals surface area contributed by atoms with Crippen molar-refractivity contribution in [3.05, 3.63) is 34.8 Å². The van der Waals surface area contributed by atoms with Crippen molar-refractivity contribution in [1.29, 1.82) is 0 Å². The van der Waals surface area contributed by atoms with Crippen molar-refractivity contribution >= 4 is 27.8 Å². The molecule has 0 aliphatic rings. The molecule has 0 saturated carbocycles. The third-order valence-corrected chi connectivity index (χ3v) is 3.73. The summed E-state index contributed by atoms with van der Waals surface area (Å²) in [6, 6.07) is 7.81. The first-order valence-corrected chi connectivity index (χ1v) is 5.93. The molecule has 1 aromatic carbocycles. The maximum Gasteiger partial charge on any atom is 0.190 e. The predicted octanol–water partition coefficient (Wildman–Crippen LogP) is 3.11. The number of hydrogen-bond donors (Lipinski definition) is 1. The molecule has 0 unspecified atom stereocenters. The Bertz CT molecular complexity index is 468. The van der Waals surface area contributed by atoms with Crippen molar-refractivity contribution in [3.8, 4) is 0 Å². The highest BCUT2D eigenvalue weighted by molar-refractivity contribution is 7.15. The van der Waals surface area contributed by atoms with Crippen LogP contribution in [0.5, 0.6) is 0 Å². The molecule has 0 fully saturated rings. The Kier molecular flexibility index (Phi) is 2.83. The fraction of sp³-hybridized carbons (Fsp3) is 0.250. The Morgan fingerprint density at radius 2 is 1.81 bits per heavy atom. The molecule has 0 aliphatic carbocycles. The average Bonchev–Trinajstić information content (AvgIpc) is 2.59. The van der Waals surface area contributed by atoms with Gasteiger partial charge in [-0.05, 0) is 38.1 Å².